The summed E-state index contributed by atoms with van der Waals surface area (Å²) < 4.78 is 18.9. The van der Waals surface area contributed by atoms with Crippen LogP contribution >= 0.6 is 0 Å². The molecule has 0 fully saturated rings. The number of para-hydroxylation sites is 1. The zero-order chi connectivity index (χ0) is 13.1. The summed E-state index contributed by atoms with van der Waals surface area (Å²) in [6.45, 7) is 4.24. The molecule has 94 valence electrons. The van der Waals surface area contributed by atoms with Crippen LogP contribution in [0.25, 0.3) is 0 Å². The molecule has 0 saturated heterocycles. The fraction of sp³-hybridized carbons (Fsp3) is 0.214. The van der Waals surface area contributed by atoms with Crippen LogP contribution in [0.15, 0.2) is 30.3 Å². The molecule has 0 aliphatic carbocycles. The molecule has 2 rings (SSSR count). The molecule has 2 N–H and O–H groups in total. The van der Waals surface area contributed by atoms with Gasteiger partial charge in [0.15, 0.2) is 11.6 Å². The van der Waals surface area contributed by atoms with E-state index in [2.05, 4.69) is 4.98 Å². The van der Waals surface area contributed by atoms with Crippen molar-refractivity contribution in [2.75, 3.05) is 0 Å². The number of ether oxygens (including phenoxy) is 1. The molecule has 1 aromatic heterocycles. The second-order valence-electron chi connectivity index (χ2n) is 4.08. The van der Waals surface area contributed by atoms with Crippen molar-refractivity contribution in [2.45, 2.75) is 20.4 Å². The van der Waals surface area contributed by atoms with Gasteiger partial charge in [0, 0.05) is 18.3 Å². The fourth-order valence-corrected chi connectivity index (χ4v) is 1.82. The van der Waals surface area contributed by atoms with E-state index in [1.807, 2.05) is 13.8 Å². The molecule has 0 amide bonds. The van der Waals surface area contributed by atoms with E-state index in [1.165, 1.54) is 6.07 Å². The highest BCUT2D eigenvalue weighted by Gasteiger charge is 2.08. The zero-order valence-corrected chi connectivity index (χ0v) is 10.4. The summed E-state index contributed by atoms with van der Waals surface area (Å²) in [6.07, 6.45) is 0. The van der Waals surface area contributed by atoms with Crippen molar-refractivity contribution in [3.8, 4) is 11.6 Å². The van der Waals surface area contributed by atoms with E-state index in [0.29, 0.717) is 12.4 Å². The van der Waals surface area contributed by atoms with Crippen LogP contribution in [0.1, 0.15) is 16.8 Å². The number of hydrogen-bond donors (Lipinski definition) is 1. The molecule has 1 heterocycles. The maximum atomic E-state index is 13.4. The molecule has 0 saturated carbocycles. The van der Waals surface area contributed by atoms with Crippen molar-refractivity contribution >= 4 is 0 Å². The highest BCUT2D eigenvalue weighted by atomic mass is 19.1. The number of halogens is 1. The lowest BCUT2D eigenvalue weighted by Crippen LogP contribution is -2.04. The summed E-state index contributed by atoms with van der Waals surface area (Å²) in [7, 11) is 0. The maximum absolute atomic E-state index is 13.4. The second-order valence-corrected chi connectivity index (χ2v) is 4.08. The smallest absolute Gasteiger partial charge is 0.219 e. The van der Waals surface area contributed by atoms with Crippen molar-refractivity contribution in [1.29, 1.82) is 0 Å². The Balaban J connectivity index is 2.34. The number of hydrogen-bond acceptors (Lipinski definition) is 3. The van der Waals surface area contributed by atoms with Gasteiger partial charge in [-0.2, -0.15) is 0 Å². The first-order valence-corrected chi connectivity index (χ1v) is 5.71. The Hall–Kier alpha value is -1.94. The normalized spacial score (nSPS) is 10.4. The molecule has 3 nitrogen and oxygen atoms in total. The molecule has 0 atom stereocenters. The topological polar surface area (TPSA) is 48.1 Å². The second kappa shape index (κ2) is 5.14. The van der Waals surface area contributed by atoms with E-state index in [4.69, 9.17) is 10.5 Å². The molecular formula is C14H15FN2O. The van der Waals surface area contributed by atoms with Crippen LogP contribution in [-0.2, 0) is 6.54 Å². The van der Waals surface area contributed by atoms with Crippen LogP contribution < -0.4 is 10.5 Å². The first-order chi connectivity index (χ1) is 8.61. The minimum Gasteiger partial charge on any atom is -0.436 e. The fourth-order valence-electron chi connectivity index (χ4n) is 1.82. The number of rotatable bonds is 3. The van der Waals surface area contributed by atoms with Crippen molar-refractivity contribution in [3.05, 3.63) is 53.0 Å². The van der Waals surface area contributed by atoms with Gasteiger partial charge in [-0.05, 0) is 37.1 Å². The Morgan fingerprint density at radius 3 is 2.61 bits per heavy atom. The summed E-state index contributed by atoms with van der Waals surface area (Å²) in [5.41, 5.74) is 8.44. The maximum Gasteiger partial charge on any atom is 0.219 e. The van der Waals surface area contributed by atoms with Crippen LogP contribution in [0, 0.1) is 19.7 Å². The van der Waals surface area contributed by atoms with Crippen LogP contribution in [0.5, 0.6) is 11.6 Å². The van der Waals surface area contributed by atoms with Gasteiger partial charge < -0.3 is 10.5 Å². The van der Waals surface area contributed by atoms with Gasteiger partial charge >= 0.3 is 0 Å². The standard InChI is InChI=1S/C14H15FN2O/c1-9-7-14(17-10(2)11(9)8-16)18-13-6-4-3-5-12(13)15/h3-7H,8,16H2,1-2H3. The average Bonchev–Trinajstić information content (AvgIpc) is 2.32. The first kappa shape index (κ1) is 12.5. The monoisotopic (exact) mass is 246 g/mol. The highest BCUT2D eigenvalue weighted by molar-refractivity contribution is 5.36. The van der Waals surface area contributed by atoms with Gasteiger partial charge in [0.25, 0.3) is 0 Å². The Morgan fingerprint density at radius 2 is 2.00 bits per heavy atom. The molecule has 0 aliphatic heterocycles. The summed E-state index contributed by atoms with van der Waals surface area (Å²) in [6, 6.07) is 8.01. The number of aromatic nitrogens is 1. The van der Waals surface area contributed by atoms with Crippen molar-refractivity contribution in [3.63, 3.8) is 0 Å². The van der Waals surface area contributed by atoms with E-state index in [9.17, 15) is 4.39 Å². The number of nitrogens with zero attached hydrogens (tertiary/aromatic N) is 1. The largest absolute Gasteiger partial charge is 0.436 e. The van der Waals surface area contributed by atoms with Crippen LogP contribution in [0.4, 0.5) is 4.39 Å². The molecular weight excluding hydrogens is 231 g/mol. The van der Waals surface area contributed by atoms with Gasteiger partial charge in [-0.15, -0.1) is 0 Å². The van der Waals surface area contributed by atoms with Gasteiger partial charge in [0.2, 0.25) is 5.88 Å². The lowest BCUT2D eigenvalue weighted by Gasteiger charge is -2.11. The molecule has 2 aromatic rings. The van der Waals surface area contributed by atoms with E-state index < -0.39 is 5.82 Å². The first-order valence-electron chi connectivity index (χ1n) is 5.71. The minimum absolute atomic E-state index is 0.171. The Morgan fingerprint density at radius 1 is 1.28 bits per heavy atom. The number of nitrogens with two attached hydrogens (primary N) is 1. The number of benzene rings is 1. The highest BCUT2D eigenvalue weighted by Crippen LogP contribution is 2.25. The van der Waals surface area contributed by atoms with Gasteiger partial charge in [-0.1, -0.05) is 12.1 Å². The molecule has 0 bridgehead atoms. The quantitative estimate of drug-likeness (QED) is 0.905. The molecule has 0 aliphatic rings. The molecule has 0 radical (unpaired) electrons. The predicted molar refractivity (Wildman–Crippen MR) is 68.1 cm³/mol. The van der Waals surface area contributed by atoms with E-state index >= 15 is 0 Å². The average molecular weight is 246 g/mol. The lowest BCUT2D eigenvalue weighted by atomic mass is 10.1. The summed E-state index contributed by atoms with van der Waals surface area (Å²) >= 11 is 0. The molecule has 0 unspecified atom stereocenters. The predicted octanol–water partition coefficient (Wildman–Crippen LogP) is 3.09. The van der Waals surface area contributed by atoms with Crippen LogP contribution in [0.2, 0.25) is 0 Å². The van der Waals surface area contributed by atoms with Gasteiger partial charge in [-0.3, -0.25) is 0 Å². The van der Waals surface area contributed by atoms with Crippen molar-refractivity contribution in [1.82, 2.24) is 4.98 Å². The minimum atomic E-state index is -0.405. The van der Waals surface area contributed by atoms with E-state index in [0.717, 1.165) is 16.8 Å². The van der Waals surface area contributed by atoms with E-state index in [1.54, 1.807) is 24.3 Å². The molecule has 4 heteroatoms. The van der Waals surface area contributed by atoms with Gasteiger partial charge in [-0.25, -0.2) is 9.37 Å². The Bertz CT molecular complexity index is 546. The third kappa shape index (κ3) is 2.49. The summed E-state index contributed by atoms with van der Waals surface area (Å²) in [4.78, 5) is 4.27. The number of aryl methyl sites for hydroxylation is 2. The Labute approximate surface area is 105 Å². The zero-order valence-electron chi connectivity index (χ0n) is 10.4. The summed E-state index contributed by atoms with van der Waals surface area (Å²) in [5, 5.41) is 0. The number of pyridine rings is 1. The Kier molecular flexibility index (Phi) is 3.58. The molecule has 1 aromatic carbocycles. The van der Waals surface area contributed by atoms with E-state index in [-0.39, 0.29) is 5.75 Å². The third-order valence-electron chi connectivity index (χ3n) is 2.79. The molecule has 18 heavy (non-hydrogen) atoms. The third-order valence-corrected chi connectivity index (χ3v) is 2.79. The summed E-state index contributed by atoms with van der Waals surface area (Å²) in [5.74, 6) is 0.147. The van der Waals surface area contributed by atoms with Crippen molar-refractivity contribution in [2.24, 2.45) is 5.73 Å². The van der Waals surface area contributed by atoms with Crippen LogP contribution in [0.3, 0.4) is 0 Å². The lowest BCUT2D eigenvalue weighted by molar-refractivity contribution is 0.426. The van der Waals surface area contributed by atoms with Crippen LogP contribution in [-0.4, -0.2) is 4.98 Å². The van der Waals surface area contributed by atoms with Crippen molar-refractivity contribution < 1.29 is 9.13 Å². The van der Waals surface area contributed by atoms with Gasteiger partial charge in [0.1, 0.15) is 0 Å². The SMILES string of the molecule is Cc1cc(Oc2ccccc2F)nc(C)c1CN. The van der Waals surface area contributed by atoms with Gasteiger partial charge in [0.05, 0.1) is 0 Å². The molecule has 0 spiro atoms.